The summed E-state index contributed by atoms with van der Waals surface area (Å²) in [4.78, 5) is 0.282. The molecule has 0 amide bonds. The van der Waals surface area contributed by atoms with Crippen molar-refractivity contribution in [2.45, 2.75) is 38.1 Å². The van der Waals surface area contributed by atoms with Crippen LogP contribution in [-0.4, -0.2) is 47.8 Å². The summed E-state index contributed by atoms with van der Waals surface area (Å²) in [7, 11) is -1.86. The molecular weight excluding hydrogens is 266 g/mol. The van der Waals surface area contributed by atoms with Crippen LogP contribution in [0.1, 0.15) is 24.2 Å². The number of aliphatic hydroxyl groups excluding tert-OH is 1. The molecule has 0 spiro atoms. The molecule has 19 heavy (non-hydrogen) atoms. The Bertz CT molecular complexity index is 561. The molecule has 1 aliphatic rings. The second kappa shape index (κ2) is 5.22. The van der Waals surface area contributed by atoms with Crippen molar-refractivity contribution in [3.8, 4) is 0 Å². The summed E-state index contributed by atoms with van der Waals surface area (Å²) in [5.74, 6) is 0.507. The van der Waals surface area contributed by atoms with Gasteiger partial charge in [-0.3, -0.25) is 4.68 Å². The zero-order valence-electron chi connectivity index (χ0n) is 11.6. The summed E-state index contributed by atoms with van der Waals surface area (Å²) >= 11 is 0. The first-order chi connectivity index (χ1) is 8.87. The monoisotopic (exact) mass is 287 g/mol. The number of sulfonamides is 1. The zero-order chi connectivity index (χ0) is 14.2. The first-order valence-corrected chi connectivity index (χ1v) is 7.93. The molecule has 1 aromatic heterocycles. The maximum atomic E-state index is 12.6. The first kappa shape index (κ1) is 14.5. The Morgan fingerprint density at radius 2 is 2.05 bits per heavy atom. The van der Waals surface area contributed by atoms with Crippen molar-refractivity contribution in [2.75, 3.05) is 20.2 Å². The lowest BCUT2D eigenvalue weighted by Gasteiger charge is -2.17. The fourth-order valence-corrected chi connectivity index (χ4v) is 3.90. The van der Waals surface area contributed by atoms with Crippen LogP contribution in [0, 0.1) is 19.8 Å². The summed E-state index contributed by atoms with van der Waals surface area (Å²) in [6.07, 6.45) is 2.23. The summed E-state index contributed by atoms with van der Waals surface area (Å²) in [6, 6.07) is 0. The van der Waals surface area contributed by atoms with Gasteiger partial charge in [0.05, 0.1) is 24.5 Å². The molecule has 0 unspecified atom stereocenters. The standard InChI is InChI=1S/C12H21N3O3S/c1-9-12(10(2)15(13-9)6-7-16)19(17,18)14(3)8-11-4-5-11/h11,16H,4-8H2,1-3H3. The van der Waals surface area contributed by atoms with Crippen LogP contribution in [0.25, 0.3) is 0 Å². The van der Waals surface area contributed by atoms with Gasteiger partial charge in [-0.05, 0) is 32.6 Å². The molecule has 7 heteroatoms. The van der Waals surface area contributed by atoms with Gasteiger partial charge in [-0.15, -0.1) is 0 Å². The third kappa shape index (κ3) is 2.82. The van der Waals surface area contributed by atoms with E-state index in [2.05, 4.69) is 5.10 Å². The van der Waals surface area contributed by atoms with E-state index < -0.39 is 10.0 Å². The molecular formula is C12H21N3O3S. The second-order valence-corrected chi connectivity index (χ2v) is 7.16. The molecule has 1 fully saturated rings. The fraction of sp³-hybridized carbons (Fsp3) is 0.750. The van der Waals surface area contributed by atoms with Crippen molar-refractivity contribution < 1.29 is 13.5 Å². The van der Waals surface area contributed by atoms with E-state index in [1.54, 1.807) is 25.6 Å². The number of aliphatic hydroxyl groups is 1. The van der Waals surface area contributed by atoms with Crippen LogP contribution in [0.5, 0.6) is 0 Å². The summed E-state index contributed by atoms with van der Waals surface area (Å²) in [5, 5.41) is 13.2. The highest BCUT2D eigenvalue weighted by Gasteiger charge is 2.32. The maximum Gasteiger partial charge on any atom is 0.246 e. The molecule has 0 saturated heterocycles. The summed E-state index contributed by atoms with van der Waals surface area (Å²) in [5.41, 5.74) is 1.09. The molecule has 2 rings (SSSR count). The lowest BCUT2D eigenvalue weighted by atomic mass is 10.4. The molecule has 1 heterocycles. The van der Waals surface area contributed by atoms with Crippen molar-refractivity contribution >= 4 is 10.0 Å². The lowest BCUT2D eigenvalue weighted by molar-refractivity contribution is 0.267. The molecule has 1 N–H and O–H groups in total. The Morgan fingerprint density at radius 3 is 2.58 bits per heavy atom. The molecule has 1 aliphatic carbocycles. The van der Waals surface area contributed by atoms with Crippen LogP contribution >= 0.6 is 0 Å². The van der Waals surface area contributed by atoms with Gasteiger partial charge in [0, 0.05) is 13.6 Å². The van der Waals surface area contributed by atoms with E-state index in [0.717, 1.165) is 12.8 Å². The molecule has 0 bridgehead atoms. The Labute approximate surface area is 114 Å². The predicted molar refractivity (Wildman–Crippen MR) is 71.3 cm³/mol. The minimum atomic E-state index is -3.48. The third-order valence-electron chi connectivity index (χ3n) is 3.51. The van der Waals surface area contributed by atoms with Gasteiger partial charge >= 0.3 is 0 Å². The molecule has 108 valence electrons. The Balaban J connectivity index is 2.33. The van der Waals surface area contributed by atoms with E-state index in [1.165, 1.54) is 4.31 Å². The minimum Gasteiger partial charge on any atom is -0.394 e. The summed E-state index contributed by atoms with van der Waals surface area (Å²) < 4.78 is 28.1. The van der Waals surface area contributed by atoms with Crippen molar-refractivity contribution in [1.29, 1.82) is 0 Å². The quantitative estimate of drug-likeness (QED) is 0.828. The van der Waals surface area contributed by atoms with E-state index in [9.17, 15) is 8.42 Å². The molecule has 0 aliphatic heterocycles. The Hall–Kier alpha value is -0.920. The smallest absolute Gasteiger partial charge is 0.246 e. The number of rotatable bonds is 6. The normalized spacial score (nSPS) is 16.3. The number of aromatic nitrogens is 2. The van der Waals surface area contributed by atoms with E-state index in [0.29, 0.717) is 30.4 Å². The van der Waals surface area contributed by atoms with Gasteiger partial charge in [-0.1, -0.05) is 0 Å². The average Bonchev–Trinajstić information content (AvgIpc) is 3.07. The average molecular weight is 287 g/mol. The van der Waals surface area contributed by atoms with Crippen LogP contribution in [-0.2, 0) is 16.6 Å². The van der Waals surface area contributed by atoms with Crippen molar-refractivity contribution in [1.82, 2.24) is 14.1 Å². The highest BCUT2D eigenvalue weighted by molar-refractivity contribution is 7.89. The van der Waals surface area contributed by atoms with E-state index in [4.69, 9.17) is 5.11 Å². The van der Waals surface area contributed by atoms with Gasteiger partial charge in [0.15, 0.2) is 0 Å². The maximum absolute atomic E-state index is 12.6. The number of hydrogen-bond acceptors (Lipinski definition) is 4. The van der Waals surface area contributed by atoms with E-state index in [1.807, 2.05) is 0 Å². The van der Waals surface area contributed by atoms with Gasteiger partial charge < -0.3 is 5.11 Å². The highest BCUT2D eigenvalue weighted by Crippen LogP contribution is 2.32. The minimum absolute atomic E-state index is 0.0562. The van der Waals surface area contributed by atoms with Crippen LogP contribution in [0.15, 0.2) is 4.90 Å². The number of aryl methyl sites for hydroxylation is 1. The molecule has 6 nitrogen and oxygen atoms in total. The van der Waals surface area contributed by atoms with Crippen molar-refractivity contribution in [3.63, 3.8) is 0 Å². The van der Waals surface area contributed by atoms with Gasteiger partial charge in [0.1, 0.15) is 4.90 Å². The molecule has 0 radical (unpaired) electrons. The van der Waals surface area contributed by atoms with Gasteiger partial charge in [-0.2, -0.15) is 5.10 Å². The van der Waals surface area contributed by atoms with Crippen molar-refractivity contribution in [3.05, 3.63) is 11.4 Å². The lowest BCUT2D eigenvalue weighted by Crippen LogP contribution is -2.29. The SMILES string of the molecule is Cc1nn(CCO)c(C)c1S(=O)(=O)N(C)CC1CC1. The highest BCUT2D eigenvalue weighted by atomic mass is 32.2. The first-order valence-electron chi connectivity index (χ1n) is 6.49. The fourth-order valence-electron chi connectivity index (χ4n) is 2.28. The van der Waals surface area contributed by atoms with E-state index >= 15 is 0 Å². The van der Waals surface area contributed by atoms with Gasteiger partial charge in [-0.25, -0.2) is 12.7 Å². The van der Waals surface area contributed by atoms with Crippen LogP contribution in [0.3, 0.4) is 0 Å². The van der Waals surface area contributed by atoms with Gasteiger partial charge in [0.25, 0.3) is 0 Å². The van der Waals surface area contributed by atoms with Crippen molar-refractivity contribution in [2.24, 2.45) is 5.92 Å². The van der Waals surface area contributed by atoms with Crippen LogP contribution in [0.2, 0.25) is 0 Å². The largest absolute Gasteiger partial charge is 0.394 e. The van der Waals surface area contributed by atoms with Crippen LogP contribution in [0.4, 0.5) is 0 Å². The second-order valence-electron chi connectivity index (χ2n) is 5.18. The van der Waals surface area contributed by atoms with Crippen LogP contribution < -0.4 is 0 Å². The Kier molecular flexibility index (Phi) is 3.98. The topological polar surface area (TPSA) is 75.4 Å². The molecule has 0 aromatic carbocycles. The zero-order valence-corrected chi connectivity index (χ0v) is 12.4. The molecule has 1 saturated carbocycles. The molecule has 0 atom stereocenters. The number of nitrogens with zero attached hydrogens (tertiary/aromatic N) is 3. The number of hydrogen-bond donors (Lipinski definition) is 1. The predicted octanol–water partition coefficient (Wildman–Crippen LogP) is 0.523. The van der Waals surface area contributed by atoms with E-state index in [-0.39, 0.29) is 11.5 Å². The van der Waals surface area contributed by atoms with Gasteiger partial charge in [0.2, 0.25) is 10.0 Å². The Morgan fingerprint density at radius 1 is 1.42 bits per heavy atom. The third-order valence-corrected chi connectivity index (χ3v) is 5.58. The summed E-state index contributed by atoms with van der Waals surface area (Å²) in [6.45, 7) is 4.26. The molecule has 1 aromatic rings.